The molecule has 4 heteroatoms. The van der Waals surface area contributed by atoms with Gasteiger partial charge in [0.15, 0.2) is 0 Å². The van der Waals surface area contributed by atoms with Gasteiger partial charge >= 0.3 is 37.9 Å². The van der Waals surface area contributed by atoms with Gasteiger partial charge in [0.2, 0.25) is 0 Å². The molecule has 2 radical (unpaired) electrons. The summed E-state index contributed by atoms with van der Waals surface area (Å²) in [5.74, 6) is 2.21. The van der Waals surface area contributed by atoms with Crippen LogP contribution < -0.4 is 0 Å². The van der Waals surface area contributed by atoms with Crippen LogP contribution in [0, 0.1) is 0 Å². The molecule has 52 heavy (non-hydrogen) atoms. The molecule has 0 nitrogen and oxygen atoms in total. The van der Waals surface area contributed by atoms with Crippen LogP contribution in [-0.2, 0) is 33.7 Å². The third-order valence-electron chi connectivity index (χ3n) is 9.80. The fourth-order valence-corrected chi connectivity index (χ4v) is 7.05. The Kier molecular flexibility index (Phi) is 18.4. The van der Waals surface area contributed by atoms with Crippen LogP contribution in [0.3, 0.4) is 0 Å². The van der Waals surface area contributed by atoms with Gasteiger partial charge in [-0.2, -0.15) is 12.1 Å². The molecule has 6 aromatic carbocycles. The number of rotatable bonds is 8. The molecule has 0 amide bonds. The van der Waals surface area contributed by atoms with E-state index in [4.69, 9.17) is 17.0 Å². The minimum atomic E-state index is -0.826. The quantitative estimate of drug-likeness (QED) is 0.106. The van der Waals surface area contributed by atoms with Crippen LogP contribution in [0.2, 0.25) is 13.1 Å². The second kappa shape index (κ2) is 21.6. The van der Waals surface area contributed by atoms with Gasteiger partial charge in [-0.25, -0.2) is 0 Å². The number of aryl methyl sites for hydroxylation is 2. The molecule has 6 rings (SSSR count). The molecule has 274 valence electrons. The van der Waals surface area contributed by atoms with E-state index in [0.29, 0.717) is 23.7 Å². The van der Waals surface area contributed by atoms with Crippen molar-refractivity contribution in [3.05, 3.63) is 130 Å². The SMILES string of the molecule is CCc1ccc2[cH-]c(C(C)C)cc2c1-c1ccccc1C(C)C.CCc1ccc2[cH-]c(C(C)C)cc2c1-c1ccccc1C(C)C.C[Si]C.[Cl][Zr+2][Cl]. The summed E-state index contributed by atoms with van der Waals surface area (Å²) in [4.78, 5) is 0. The van der Waals surface area contributed by atoms with Crippen molar-refractivity contribution in [3.63, 3.8) is 0 Å². The molecule has 0 aromatic heterocycles. The zero-order valence-electron chi connectivity index (χ0n) is 33.7. The zero-order valence-corrected chi connectivity index (χ0v) is 38.7. The van der Waals surface area contributed by atoms with Gasteiger partial charge in [-0.3, -0.25) is 0 Å². The molecule has 0 heterocycles. The number of halogens is 2. The topological polar surface area (TPSA) is 0 Å². The molecule has 0 spiro atoms. The second-order valence-electron chi connectivity index (χ2n) is 14.9. The van der Waals surface area contributed by atoms with Crippen molar-refractivity contribution in [2.24, 2.45) is 0 Å². The van der Waals surface area contributed by atoms with E-state index in [2.05, 4.69) is 179 Å². The van der Waals surface area contributed by atoms with E-state index >= 15 is 0 Å². The number of hydrogen-bond acceptors (Lipinski definition) is 0. The van der Waals surface area contributed by atoms with Gasteiger partial charge in [-0.15, -0.1) is 69.1 Å². The van der Waals surface area contributed by atoms with E-state index in [1.165, 1.54) is 77.2 Å². The monoisotopic (exact) mass is 824 g/mol. The van der Waals surface area contributed by atoms with Crippen LogP contribution in [0.5, 0.6) is 0 Å². The third kappa shape index (κ3) is 10.9. The summed E-state index contributed by atoms with van der Waals surface area (Å²) in [5, 5.41) is 5.58. The maximum atomic E-state index is 4.93. The first kappa shape index (κ1) is 44.2. The van der Waals surface area contributed by atoms with E-state index in [9.17, 15) is 0 Å². The van der Waals surface area contributed by atoms with Gasteiger partial charge in [0, 0.05) is 9.52 Å². The molecule has 0 aliphatic carbocycles. The summed E-state index contributed by atoms with van der Waals surface area (Å²) in [6.07, 6.45) is 2.14. The third-order valence-corrected chi connectivity index (χ3v) is 9.80. The summed E-state index contributed by atoms with van der Waals surface area (Å²) in [6.45, 7) is 27.1. The van der Waals surface area contributed by atoms with Gasteiger partial charge < -0.3 is 0 Å². The molecule has 0 N–H and O–H groups in total. The summed E-state index contributed by atoms with van der Waals surface area (Å²) >= 11 is -0.826. The average molecular weight is 827 g/mol. The molecule has 0 saturated heterocycles. The molecular weight excluding hydrogens is 767 g/mol. The van der Waals surface area contributed by atoms with Crippen LogP contribution >= 0.6 is 17.0 Å². The molecule has 0 fully saturated rings. The van der Waals surface area contributed by atoms with Crippen LogP contribution in [-0.4, -0.2) is 9.52 Å². The first-order valence-corrected chi connectivity index (χ1v) is 27.4. The van der Waals surface area contributed by atoms with Crippen LogP contribution in [0.4, 0.5) is 0 Å². The number of benzene rings is 4. The van der Waals surface area contributed by atoms with Crippen molar-refractivity contribution in [1.29, 1.82) is 0 Å². The summed E-state index contributed by atoms with van der Waals surface area (Å²) in [6, 6.07) is 36.6. The van der Waals surface area contributed by atoms with Gasteiger partial charge in [-0.05, 0) is 58.8 Å². The normalized spacial score (nSPS) is 11.0. The van der Waals surface area contributed by atoms with Crippen molar-refractivity contribution in [1.82, 2.24) is 0 Å². The van der Waals surface area contributed by atoms with Crippen molar-refractivity contribution in [2.75, 3.05) is 0 Å². The molecule has 0 saturated carbocycles. The Labute approximate surface area is 338 Å². The zero-order chi connectivity index (χ0) is 38.5. The van der Waals surface area contributed by atoms with Crippen molar-refractivity contribution in [3.8, 4) is 22.3 Å². The summed E-state index contributed by atoms with van der Waals surface area (Å²) < 4.78 is 0. The van der Waals surface area contributed by atoms with Crippen molar-refractivity contribution < 1.29 is 20.8 Å². The molecule has 0 bridgehead atoms. The van der Waals surface area contributed by atoms with Crippen molar-refractivity contribution >= 4 is 48.1 Å². The average Bonchev–Trinajstić information content (AvgIpc) is 3.77. The van der Waals surface area contributed by atoms with E-state index in [0.717, 1.165) is 22.4 Å². The van der Waals surface area contributed by atoms with Gasteiger partial charge in [0.25, 0.3) is 0 Å². The predicted molar refractivity (Wildman–Crippen MR) is 234 cm³/mol. The first-order chi connectivity index (χ1) is 24.9. The minimum absolute atomic E-state index is 0.533. The Morgan fingerprint density at radius 2 is 0.865 bits per heavy atom. The van der Waals surface area contributed by atoms with Gasteiger partial charge in [0.05, 0.1) is 0 Å². The first-order valence-electron chi connectivity index (χ1n) is 19.1. The van der Waals surface area contributed by atoms with Crippen molar-refractivity contribution in [2.45, 2.75) is 119 Å². The Hall–Kier alpha value is -2.22. The van der Waals surface area contributed by atoms with Crippen LogP contribution in [0.15, 0.2) is 97.1 Å². The fraction of sp³-hybridized carbons (Fsp3) is 0.375. The molecule has 0 atom stereocenters. The van der Waals surface area contributed by atoms with Crippen LogP contribution in [0.25, 0.3) is 43.8 Å². The molecular formula is C48H60Cl2SiZr. The molecule has 0 unspecified atom stereocenters. The molecule has 0 aliphatic heterocycles. The van der Waals surface area contributed by atoms with E-state index in [1.54, 1.807) is 0 Å². The second-order valence-corrected chi connectivity index (χ2v) is 19.6. The van der Waals surface area contributed by atoms with E-state index in [1.807, 2.05) is 0 Å². The van der Waals surface area contributed by atoms with Gasteiger partial charge in [0.1, 0.15) is 0 Å². The van der Waals surface area contributed by atoms with E-state index in [-0.39, 0.29) is 0 Å². The molecule has 6 aromatic rings. The maximum absolute atomic E-state index is 4.93. The predicted octanol–water partition coefficient (Wildman–Crippen LogP) is 16.2. The van der Waals surface area contributed by atoms with E-state index < -0.39 is 20.8 Å². The van der Waals surface area contributed by atoms with Gasteiger partial charge in [-0.1, -0.05) is 153 Å². The summed E-state index contributed by atoms with van der Waals surface area (Å²) in [7, 11) is 11.0. The Morgan fingerprint density at radius 3 is 1.15 bits per heavy atom. The number of hydrogen-bond donors (Lipinski definition) is 0. The summed E-state index contributed by atoms with van der Waals surface area (Å²) in [5.41, 5.74) is 14.4. The van der Waals surface area contributed by atoms with Crippen LogP contribution in [0.1, 0.15) is 126 Å². The number of fused-ring (bicyclic) bond motifs is 2. The molecule has 0 aliphatic rings. The Bertz CT molecular complexity index is 1830. The fourth-order valence-electron chi connectivity index (χ4n) is 7.05. The standard InChI is InChI=1S/2C23H27.C2H6Si.2ClH.Zr/c2*1-6-17-11-12-18-13-19(15(2)3)14-22(18)23(17)21-10-8-7-9-20(21)16(4)5;1-3-2;;;/h2*7-16H,6H2,1-5H3;1-2H3;2*1H;/q2*-1;;;;+4/p-2. The Morgan fingerprint density at radius 1 is 0.538 bits per heavy atom. The Balaban J connectivity index is 0.000000244.